The van der Waals surface area contributed by atoms with Gasteiger partial charge in [0.25, 0.3) is 0 Å². The lowest BCUT2D eigenvalue weighted by Gasteiger charge is -2.18. The summed E-state index contributed by atoms with van der Waals surface area (Å²) in [4.78, 5) is 0. The molecule has 92 valence electrons. The number of aryl methyl sites for hydroxylation is 1. The van der Waals surface area contributed by atoms with Crippen LogP contribution in [0.2, 0.25) is 0 Å². The Morgan fingerprint density at radius 1 is 1.31 bits per heavy atom. The van der Waals surface area contributed by atoms with E-state index in [4.69, 9.17) is 0 Å². The minimum absolute atomic E-state index is 0.0509. The van der Waals surface area contributed by atoms with E-state index in [1.165, 1.54) is 0 Å². The summed E-state index contributed by atoms with van der Waals surface area (Å²) in [5.41, 5.74) is 1.96. The smallest absolute Gasteiger partial charge is 0.213 e. The first-order valence-corrected chi connectivity index (χ1v) is 6.06. The molecule has 0 fully saturated rings. The van der Waals surface area contributed by atoms with Gasteiger partial charge in [-0.05, 0) is 17.8 Å². The summed E-state index contributed by atoms with van der Waals surface area (Å²) in [5.74, 6) is 0.835. The quantitative estimate of drug-likeness (QED) is 0.856. The number of hydrogen-bond acceptors (Lipinski definition) is 2. The van der Waals surface area contributed by atoms with Crippen LogP contribution in [-0.4, -0.2) is 14.9 Å². The van der Waals surface area contributed by atoms with Crippen molar-refractivity contribution in [3.63, 3.8) is 0 Å². The van der Waals surface area contributed by atoms with Crippen molar-refractivity contribution in [3.05, 3.63) is 11.3 Å². The maximum Gasteiger partial charge on any atom is 0.213 e. The van der Waals surface area contributed by atoms with Crippen molar-refractivity contribution in [2.45, 2.75) is 59.9 Å². The minimum Gasteiger partial charge on any atom is -0.493 e. The van der Waals surface area contributed by atoms with Gasteiger partial charge in [-0.1, -0.05) is 41.5 Å². The molecular weight excluding hydrogens is 200 g/mol. The Morgan fingerprint density at radius 2 is 1.88 bits per heavy atom. The van der Waals surface area contributed by atoms with E-state index in [9.17, 15) is 5.11 Å². The van der Waals surface area contributed by atoms with Crippen LogP contribution in [0, 0.1) is 5.92 Å². The second-order valence-electron chi connectivity index (χ2n) is 5.82. The summed E-state index contributed by atoms with van der Waals surface area (Å²) < 4.78 is 1.74. The Kier molecular flexibility index (Phi) is 3.66. The van der Waals surface area contributed by atoms with Crippen LogP contribution in [0.15, 0.2) is 0 Å². The first-order valence-electron chi connectivity index (χ1n) is 6.06. The molecule has 0 bridgehead atoms. The van der Waals surface area contributed by atoms with Crippen LogP contribution in [0.25, 0.3) is 0 Å². The van der Waals surface area contributed by atoms with Crippen molar-refractivity contribution in [1.82, 2.24) is 9.78 Å². The Hall–Kier alpha value is -0.990. The molecule has 0 atom stereocenters. The van der Waals surface area contributed by atoms with Gasteiger partial charge in [0.2, 0.25) is 5.88 Å². The van der Waals surface area contributed by atoms with Gasteiger partial charge in [-0.25, -0.2) is 4.68 Å². The van der Waals surface area contributed by atoms with E-state index in [2.05, 4.69) is 46.6 Å². The van der Waals surface area contributed by atoms with Crippen LogP contribution >= 0.6 is 0 Å². The highest BCUT2D eigenvalue weighted by atomic mass is 16.3. The fraction of sp³-hybridized carbons (Fsp3) is 0.769. The van der Waals surface area contributed by atoms with Gasteiger partial charge >= 0.3 is 0 Å². The Balaban J connectivity index is 3.22. The molecule has 1 N–H and O–H groups in total. The predicted molar refractivity (Wildman–Crippen MR) is 66.8 cm³/mol. The summed E-state index contributed by atoms with van der Waals surface area (Å²) in [5, 5.41) is 14.7. The summed E-state index contributed by atoms with van der Waals surface area (Å²) in [7, 11) is 0. The second kappa shape index (κ2) is 4.48. The highest BCUT2D eigenvalue weighted by Gasteiger charge is 2.26. The van der Waals surface area contributed by atoms with Crippen molar-refractivity contribution < 1.29 is 5.11 Å². The molecule has 0 aliphatic rings. The van der Waals surface area contributed by atoms with E-state index < -0.39 is 0 Å². The lowest BCUT2D eigenvalue weighted by Crippen LogP contribution is -2.13. The van der Waals surface area contributed by atoms with E-state index >= 15 is 0 Å². The first kappa shape index (κ1) is 13.1. The average molecular weight is 224 g/mol. The van der Waals surface area contributed by atoms with E-state index in [1.54, 1.807) is 4.68 Å². The maximum absolute atomic E-state index is 10.2. The molecule has 0 aliphatic carbocycles. The van der Waals surface area contributed by atoms with Gasteiger partial charge < -0.3 is 5.11 Å². The van der Waals surface area contributed by atoms with Gasteiger partial charge in [-0.3, -0.25) is 0 Å². The molecule has 0 aromatic carbocycles. The standard InChI is InChI=1S/C13H24N2O/c1-7-10-11(13(4,5)6)12(16)15(14-10)8-9(2)3/h9,16H,7-8H2,1-6H3. The third-order valence-electron chi connectivity index (χ3n) is 2.62. The molecule has 0 saturated heterocycles. The number of aromatic nitrogens is 2. The molecule has 1 aromatic heterocycles. The highest BCUT2D eigenvalue weighted by molar-refractivity contribution is 5.36. The number of hydrogen-bond donors (Lipinski definition) is 1. The van der Waals surface area contributed by atoms with Crippen LogP contribution in [0.3, 0.4) is 0 Å². The van der Waals surface area contributed by atoms with Gasteiger partial charge in [-0.15, -0.1) is 0 Å². The van der Waals surface area contributed by atoms with Crippen molar-refractivity contribution in [1.29, 1.82) is 0 Å². The predicted octanol–water partition coefficient (Wildman–Crippen LogP) is 3.10. The van der Waals surface area contributed by atoms with Crippen molar-refractivity contribution in [3.8, 4) is 5.88 Å². The van der Waals surface area contributed by atoms with Gasteiger partial charge in [0.05, 0.1) is 5.69 Å². The first-order chi connectivity index (χ1) is 7.27. The number of nitrogens with zero attached hydrogens (tertiary/aromatic N) is 2. The summed E-state index contributed by atoms with van der Waals surface area (Å²) in [6.45, 7) is 13.5. The maximum atomic E-state index is 10.2. The molecule has 3 nitrogen and oxygen atoms in total. The summed E-state index contributed by atoms with van der Waals surface area (Å²) in [6, 6.07) is 0. The minimum atomic E-state index is -0.0509. The van der Waals surface area contributed by atoms with Gasteiger partial charge in [0.15, 0.2) is 0 Å². The van der Waals surface area contributed by atoms with Crippen LogP contribution in [0.1, 0.15) is 52.8 Å². The molecule has 0 aliphatic heterocycles. The third-order valence-corrected chi connectivity index (χ3v) is 2.62. The zero-order valence-corrected chi connectivity index (χ0v) is 11.3. The zero-order chi connectivity index (χ0) is 12.5. The molecular formula is C13H24N2O. The monoisotopic (exact) mass is 224 g/mol. The van der Waals surface area contributed by atoms with E-state index in [-0.39, 0.29) is 5.41 Å². The summed E-state index contributed by atoms with van der Waals surface area (Å²) in [6.07, 6.45) is 0.866. The third kappa shape index (κ3) is 2.57. The fourth-order valence-electron chi connectivity index (χ4n) is 1.99. The van der Waals surface area contributed by atoms with Crippen LogP contribution in [0.4, 0.5) is 0 Å². The van der Waals surface area contributed by atoms with E-state index in [1.807, 2.05) is 0 Å². The normalized spacial score (nSPS) is 12.4. The number of rotatable bonds is 3. The fourth-order valence-corrected chi connectivity index (χ4v) is 1.99. The van der Waals surface area contributed by atoms with Crippen molar-refractivity contribution in [2.75, 3.05) is 0 Å². The molecule has 16 heavy (non-hydrogen) atoms. The zero-order valence-electron chi connectivity index (χ0n) is 11.3. The molecule has 0 saturated carbocycles. The SMILES string of the molecule is CCc1nn(CC(C)C)c(O)c1C(C)(C)C. The van der Waals surface area contributed by atoms with E-state index in [0.29, 0.717) is 11.8 Å². The molecule has 1 aromatic rings. The molecule has 1 rings (SSSR count). The van der Waals surface area contributed by atoms with Crippen LogP contribution < -0.4 is 0 Å². The van der Waals surface area contributed by atoms with E-state index in [0.717, 1.165) is 24.2 Å². The number of aromatic hydroxyl groups is 1. The van der Waals surface area contributed by atoms with Crippen LogP contribution in [-0.2, 0) is 18.4 Å². The Labute approximate surface area is 98.5 Å². The summed E-state index contributed by atoms with van der Waals surface area (Å²) >= 11 is 0. The van der Waals surface area contributed by atoms with Crippen LogP contribution in [0.5, 0.6) is 5.88 Å². The molecule has 0 amide bonds. The highest BCUT2D eigenvalue weighted by Crippen LogP contribution is 2.34. The molecule has 0 unspecified atom stereocenters. The van der Waals surface area contributed by atoms with Crippen molar-refractivity contribution in [2.24, 2.45) is 5.92 Å². The second-order valence-corrected chi connectivity index (χ2v) is 5.82. The molecule has 0 radical (unpaired) electrons. The van der Waals surface area contributed by atoms with Crippen molar-refractivity contribution >= 4 is 0 Å². The molecule has 1 heterocycles. The van der Waals surface area contributed by atoms with Gasteiger partial charge in [-0.2, -0.15) is 5.10 Å². The average Bonchev–Trinajstić information content (AvgIpc) is 2.41. The lowest BCUT2D eigenvalue weighted by atomic mass is 9.86. The lowest BCUT2D eigenvalue weighted by molar-refractivity contribution is 0.361. The van der Waals surface area contributed by atoms with Gasteiger partial charge in [0, 0.05) is 12.1 Å². The molecule has 0 spiro atoms. The topological polar surface area (TPSA) is 38.0 Å². The van der Waals surface area contributed by atoms with Gasteiger partial charge in [0.1, 0.15) is 0 Å². The Bertz CT molecular complexity index is 359. The largest absolute Gasteiger partial charge is 0.493 e. The Morgan fingerprint density at radius 3 is 2.19 bits per heavy atom. The molecule has 3 heteroatoms.